The summed E-state index contributed by atoms with van der Waals surface area (Å²) in [5, 5.41) is 0. The molecule has 0 radical (unpaired) electrons. The lowest BCUT2D eigenvalue weighted by Gasteiger charge is -2.21. The lowest BCUT2D eigenvalue weighted by molar-refractivity contribution is 0.191. The van der Waals surface area contributed by atoms with Crippen LogP contribution in [0.3, 0.4) is 0 Å². The van der Waals surface area contributed by atoms with Gasteiger partial charge in [-0.2, -0.15) is 0 Å². The van der Waals surface area contributed by atoms with E-state index in [0.29, 0.717) is 0 Å². The van der Waals surface area contributed by atoms with E-state index in [4.69, 9.17) is 4.74 Å². The second-order valence-electron chi connectivity index (χ2n) is 2.83. The van der Waals surface area contributed by atoms with Gasteiger partial charge in [-0.1, -0.05) is 6.08 Å². The van der Waals surface area contributed by atoms with Crippen molar-refractivity contribution in [1.29, 1.82) is 0 Å². The van der Waals surface area contributed by atoms with E-state index in [2.05, 4.69) is 12.2 Å². The molecule has 0 N–H and O–H groups in total. The van der Waals surface area contributed by atoms with Gasteiger partial charge in [0.05, 0.1) is 6.61 Å². The van der Waals surface area contributed by atoms with Gasteiger partial charge in [0, 0.05) is 0 Å². The van der Waals surface area contributed by atoms with Gasteiger partial charge in [0.15, 0.2) is 0 Å². The van der Waals surface area contributed by atoms with E-state index in [1.165, 1.54) is 31.3 Å². The van der Waals surface area contributed by atoms with Crippen LogP contribution in [0.25, 0.3) is 0 Å². The maximum atomic E-state index is 5.47. The molecule has 10 heavy (non-hydrogen) atoms. The molecular weight excluding hydrogens is 124 g/mol. The number of hydrogen-bond donors (Lipinski definition) is 0. The van der Waals surface area contributed by atoms with Gasteiger partial charge in [-0.15, -0.1) is 0 Å². The molecular formula is C9H12O. The first-order chi connectivity index (χ1) is 4.97. The average molecular weight is 136 g/mol. The summed E-state index contributed by atoms with van der Waals surface area (Å²) in [6, 6.07) is 0. The summed E-state index contributed by atoms with van der Waals surface area (Å²) in [5.74, 6) is 1.16. The molecule has 0 aromatic rings. The minimum absolute atomic E-state index is 0.920. The van der Waals surface area contributed by atoms with E-state index < -0.39 is 0 Å². The largest absolute Gasteiger partial charge is 0.494 e. The van der Waals surface area contributed by atoms with Gasteiger partial charge < -0.3 is 4.74 Å². The summed E-state index contributed by atoms with van der Waals surface area (Å²) in [6.07, 6.45) is 9.33. The van der Waals surface area contributed by atoms with Crippen molar-refractivity contribution in [1.82, 2.24) is 0 Å². The molecule has 1 aliphatic heterocycles. The highest BCUT2D eigenvalue weighted by molar-refractivity contribution is 5.29. The van der Waals surface area contributed by atoms with Gasteiger partial charge in [0.2, 0.25) is 0 Å². The van der Waals surface area contributed by atoms with Crippen molar-refractivity contribution in [2.75, 3.05) is 6.61 Å². The van der Waals surface area contributed by atoms with Gasteiger partial charge in [0.25, 0.3) is 0 Å². The molecule has 0 aromatic heterocycles. The first-order valence-corrected chi connectivity index (χ1v) is 3.99. The second-order valence-corrected chi connectivity index (χ2v) is 2.83. The molecule has 0 bridgehead atoms. The molecule has 1 heterocycles. The zero-order valence-electron chi connectivity index (χ0n) is 6.10. The lowest BCUT2D eigenvalue weighted by Crippen LogP contribution is -2.08. The van der Waals surface area contributed by atoms with Crippen molar-refractivity contribution >= 4 is 0 Å². The number of rotatable bonds is 0. The first kappa shape index (κ1) is 6.02. The van der Waals surface area contributed by atoms with Gasteiger partial charge >= 0.3 is 0 Å². The SMILES string of the molecule is C1=C2CCCOC2=CCC1. The topological polar surface area (TPSA) is 9.23 Å². The van der Waals surface area contributed by atoms with Crippen molar-refractivity contribution in [3.63, 3.8) is 0 Å². The molecule has 2 rings (SSSR count). The first-order valence-electron chi connectivity index (χ1n) is 3.99. The summed E-state index contributed by atoms with van der Waals surface area (Å²) in [5.41, 5.74) is 1.44. The fourth-order valence-corrected chi connectivity index (χ4v) is 1.53. The summed E-state index contributed by atoms with van der Waals surface area (Å²) in [7, 11) is 0. The van der Waals surface area contributed by atoms with Gasteiger partial charge in [0.1, 0.15) is 5.76 Å². The van der Waals surface area contributed by atoms with Crippen LogP contribution < -0.4 is 0 Å². The minimum Gasteiger partial charge on any atom is -0.494 e. The predicted molar refractivity (Wildman–Crippen MR) is 40.6 cm³/mol. The van der Waals surface area contributed by atoms with Crippen LogP contribution in [-0.4, -0.2) is 6.61 Å². The Morgan fingerprint density at radius 2 is 2.10 bits per heavy atom. The van der Waals surface area contributed by atoms with Crippen molar-refractivity contribution in [2.45, 2.75) is 25.7 Å². The monoisotopic (exact) mass is 136 g/mol. The molecule has 1 fully saturated rings. The molecule has 0 aromatic carbocycles. The van der Waals surface area contributed by atoms with E-state index in [0.717, 1.165) is 12.4 Å². The zero-order chi connectivity index (χ0) is 6.81. The molecule has 0 amide bonds. The highest BCUT2D eigenvalue weighted by atomic mass is 16.5. The summed E-state index contributed by atoms with van der Waals surface area (Å²) < 4.78 is 5.47. The normalized spacial score (nSPS) is 24.0. The van der Waals surface area contributed by atoms with Crippen molar-refractivity contribution in [2.24, 2.45) is 0 Å². The summed E-state index contributed by atoms with van der Waals surface area (Å²) in [6.45, 7) is 0.920. The average Bonchev–Trinajstić information content (AvgIpc) is 2.05. The van der Waals surface area contributed by atoms with E-state index in [-0.39, 0.29) is 0 Å². The van der Waals surface area contributed by atoms with E-state index >= 15 is 0 Å². The number of ether oxygens (including phenoxy) is 1. The predicted octanol–water partition coefficient (Wildman–Crippen LogP) is 2.40. The third-order valence-electron chi connectivity index (χ3n) is 2.05. The van der Waals surface area contributed by atoms with Crippen LogP contribution in [0.15, 0.2) is 23.5 Å². The van der Waals surface area contributed by atoms with Crippen LogP contribution >= 0.6 is 0 Å². The highest BCUT2D eigenvalue weighted by Crippen LogP contribution is 2.27. The minimum atomic E-state index is 0.920. The second kappa shape index (κ2) is 2.49. The van der Waals surface area contributed by atoms with E-state index in [1.807, 2.05) is 0 Å². The van der Waals surface area contributed by atoms with Crippen LogP contribution in [0, 0.1) is 0 Å². The van der Waals surface area contributed by atoms with Crippen LogP contribution in [-0.2, 0) is 4.74 Å². The Bertz CT molecular complexity index is 167. The highest BCUT2D eigenvalue weighted by Gasteiger charge is 2.13. The molecule has 1 heteroatoms. The van der Waals surface area contributed by atoms with Gasteiger partial charge in [-0.3, -0.25) is 0 Å². The standard InChI is InChI=1S/C9H12O/c1-2-6-9-8(4-1)5-3-7-10-9/h4,6H,1-3,5,7H2. The molecule has 2 aliphatic rings. The molecule has 0 unspecified atom stereocenters. The molecule has 1 saturated heterocycles. The Balaban J connectivity index is 2.19. The zero-order valence-corrected chi connectivity index (χ0v) is 6.10. The molecule has 1 nitrogen and oxygen atoms in total. The van der Waals surface area contributed by atoms with Crippen molar-refractivity contribution < 1.29 is 4.74 Å². The van der Waals surface area contributed by atoms with Crippen LogP contribution in [0.2, 0.25) is 0 Å². The quantitative estimate of drug-likeness (QED) is 0.497. The maximum Gasteiger partial charge on any atom is 0.118 e. The van der Waals surface area contributed by atoms with Gasteiger partial charge in [-0.25, -0.2) is 0 Å². The Morgan fingerprint density at radius 3 is 3.00 bits per heavy atom. The summed E-state index contributed by atoms with van der Waals surface area (Å²) in [4.78, 5) is 0. The Morgan fingerprint density at radius 1 is 1.20 bits per heavy atom. The van der Waals surface area contributed by atoms with Crippen LogP contribution in [0.4, 0.5) is 0 Å². The van der Waals surface area contributed by atoms with Crippen LogP contribution in [0.1, 0.15) is 25.7 Å². The lowest BCUT2D eigenvalue weighted by atomic mass is 9.99. The molecule has 54 valence electrons. The summed E-state index contributed by atoms with van der Waals surface area (Å²) >= 11 is 0. The van der Waals surface area contributed by atoms with E-state index in [9.17, 15) is 0 Å². The fraction of sp³-hybridized carbons (Fsp3) is 0.556. The smallest absolute Gasteiger partial charge is 0.118 e. The Kier molecular flexibility index (Phi) is 1.50. The number of allylic oxidation sites excluding steroid dienone is 3. The van der Waals surface area contributed by atoms with Crippen LogP contribution in [0.5, 0.6) is 0 Å². The molecule has 0 spiro atoms. The number of fused-ring (bicyclic) bond motifs is 1. The fourth-order valence-electron chi connectivity index (χ4n) is 1.53. The number of hydrogen-bond acceptors (Lipinski definition) is 1. The third kappa shape index (κ3) is 0.962. The molecule has 0 saturated carbocycles. The van der Waals surface area contributed by atoms with Crippen molar-refractivity contribution in [3.8, 4) is 0 Å². The van der Waals surface area contributed by atoms with Gasteiger partial charge in [-0.05, 0) is 37.3 Å². The molecule has 1 aliphatic carbocycles. The third-order valence-corrected chi connectivity index (χ3v) is 2.05. The van der Waals surface area contributed by atoms with E-state index in [1.54, 1.807) is 0 Å². The maximum absolute atomic E-state index is 5.47. The Hall–Kier alpha value is -0.720. The molecule has 0 atom stereocenters. The Labute approximate surface area is 61.4 Å². The van der Waals surface area contributed by atoms with Crippen molar-refractivity contribution in [3.05, 3.63) is 23.5 Å².